The van der Waals surface area contributed by atoms with Crippen molar-refractivity contribution in [3.63, 3.8) is 0 Å². The summed E-state index contributed by atoms with van der Waals surface area (Å²) >= 11 is 0. The zero-order valence-corrected chi connectivity index (χ0v) is 10.5. The van der Waals surface area contributed by atoms with Gasteiger partial charge in [-0.25, -0.2) is 0 Å². The molecule has 2 saturated carbocycles. The minimum Gasteiger partial charge on any atom is -0.466 e. The lowest BCUT2D eigenvalue weighted by molar-refractivity contribution is -0.156. The Hall–Kier alpha value is -1.06. The fourth-order valence-electron chi connectivity index (χ4n) is 3.02. The van der Waals surface area contributed by atoms with Crippen molar-refractivity contribution in [2.75, 3.05) is 13.2 Å². The smallest absolute Gasteiger partial charge is 0.312 e. The number of esters is 2. The van der Waals surface area contributed by atoms with Crippen LogP contribution in [0, 0.1) is 17.3 Å². The van der Waals surface area contributed by atoms with Gasteiger partial charge < -0.3 is 9.47 Å². The number of carbonyl (C=O) groups excluding carboxylic acids is 2. The molecule has 2 aliphatic rings. The molecule has 3 unspecified atom stereocenters. The number of carbonyl (C=O) groups is 2. The number of ether oxygens (including phenoxy) is 2. The fourth-order valence-corrected chi connectivity index (χ4v) is 3.02. The van der Waals surface area contributed by atoms with Crippen LogP contribution >= 0.6 is 0 Å². The van der Waals surface area contributed by atoms with E-state index in [1.807, 2.05) is 13.8 Å². The zero-order valence-electron chi connectivity index (χ0n) is 10.5. The molecular weight excluding hydrogens is 220 g/mol. The third-order valence-electron chi connectivity index (χ3n) is 4.01. The molecule has 0 aromatic rings. The lowest BCUT2D eigenvalue weighted by atomic mass is 9.81. The molecule has 0 N–H and O–H groups in total. The van der Waals surface area contributed by atoms with Gasteiger partial charge in [-0.1, -0.05) is 0 Å². The molecule has 3 atom stereocenters. The second-order valence-electron chi connectivity index (χ2n) is 5.01. The van der Waals surface area contributed by atoms with Crippen molar-refractivity contribution in [2.45, 2.75) is 39.5 Å². The van der Waals surface area contributed by atoms with Crippen LogP contribution in [0.5, 0.6) is 0 Å². The molecule has 0 amide bonds. The standard InChI is InChI=1S/C13H20O4/c1-3-16-11(14)9-5-6-10-8-13(10,7-9)12(15)17-4-2/h9-10H,3-8H2,1-2H3. The van der Waals surface area contributed by atoms with Crippen molar-refractivity contribution in [3.8, 4) is 0 Å². The Bertz CT molecular complexity index is 325. The van der Waals surface area contributed by atoms with Crippen molar-refractivity contribution in [2.24, 2.45) is 17.3 Å². The van der Waals surface area contributed by atoms with E-state index in [4.69, 9.17) is 9.47 Å². The van der Waals surface area contributed by atoms with Gasteiger partial charge >= 0.3 is 11.9 Å². The van der Waals surface area contributed by atoms with Gasteiger partial charge in [0.05, 0.1) is 24.5 Å². The Morgan fingerprint density at radius 2 is 1.82 bits per heavy atom. The van der Waals surface area contributed by atoms with Gasteiger partial charge in [0, 0.05) is 0 Å². The van der Waals surface area contributed by atoms with E-state index in [-0.39, 0.29) is 23.3 Å². The summed E-state index contributed by atoms with van der Waals surface area (Å²) < 4.78 is 10.2. The maximum absolute atomic E-state index is 11.9. The molecule has 0 aliphatic heterocycles. The first-order valence-electron chi connectivity index (χ1n) is 6.48. The van der Waals surface area contributed by atoms with Gasteiger partial charge in [0.15, 0.2) is 0 Å². The third-order valence-corrected chi connectivity index (χ3v) is 4.01. The maximum Gasteiger partial charge on any atom is 0.312 e. The first-order chi connectivity index (χ1) is 8.14. The number of rotatable bonds is 4. The minimum absolute atomic E-state index is 0.112. The molecule has 2 rings (SSSR count). The molecule has 96 valence electrons. The summed E-state index contributed by atoms with van der Waals surface area (Å²) in [6.45, 7) is 4.45. The Kier molecular flexibility index (Phi) is 3.40. The molecule has 17 heavy (non-hydrogen) atoms. The number of hydrogen-bond acceptors (Lipinski definition) is 4. The molecule has 0 spiro atoms. The summed E-state index contributed by atoms with van der Waals surface area (Å²) in [5.41, 5.74) is -0.355. The van der Waals surface area contributed by atoms with Gasteiger partial charge in [-0.3, -0.25) is 9.59 Å². The van der Waals surface area contributed by atoms with Crippen LogP contribution in [-0.4, -0.2) is 25.2 Å². The van der Waals surface area contributed by atoms with Gasteiger partial charge in [0.25, 0.3) is 0 Å². The van der Waals surface area contributed by atoms with E-state index in [1.54, 1.807) is 0 Å². The van der Waals surface area contributed by atoms with Gasteiger partial charge in [-0.2, -0.15) is 0 Å². The zero-order chi connectivity index (χ0) is 12.5. The molecule has 2 aliphatic carbocycles. The van der Waals surface area contributed by atoms with Crippen LogP contribution in [0.25, 0.3) is 0 Å². The van der Waals surface area contributed by atoms with E-state index in [9.17, 15) is 9.59 Å². The largest absolute Gasteiger partial charge is 0.466 e. The lowest BCUT2D eigenvalue weighted by Gasteiger charge is -2.26. The third kappa shape index (κ3) is 2.17. The van der Waals surface area contributed by atoms with Gasteiger partial charge in [-0.15, -0.1) is 0 Å². The van der Waals surface area contributed by atoms with E-state index >= 15 is 0 Å². The number of hydrogen-bond donors (Lipinski definition) is 0. The van der Waals surface area contributed by atoms with Crippen molar-refractivity contribution >= 4 is 11.9 Å². The average molecular weight is 240 g/mol. The van der Waals surface area contributed by atoms with Gasteiger partial charge in [0.1, 0.15) is 0 Å². The van der Waals surface area contributed by atoms with Crippen LogP contribution in [0.3, 0.4) is 0 Å². The molecule has 4 heteroatoms. The highest BCUT2D eigenvalue weighted by Gasteiger charge is 2.64. The van der Waals surface area contributed by atoms with Crippen LogP contribution in [0.1, 0.15) is 39.5 Å². The van der Waals surface area contributed by atoms with Crippen LogP contribution in [-0.2, 0) is 19.1 Å². The second kappa shape index (κ2) is 4.67. The minimum atomic E-state index is -0.355. The van der Waals surface area contributed by atoms with E-state index in [2.05, 4.69) is 0 Å². The molecule has 0 heterocycles. The first kappa shape index (κ1) is 12.4. The van der Waals surface area contributed by atoms with Gasteiger partial charge in [-0.05, 0) is 45.4 Å². The summed E-state index contributed by atoms with van der Waals surface area (Å²) in [5, 5.41) is 0. The predicted molar refractivity (Wildman–Crippen MR) is 61.1 cm³/mol. The maximum atomic E-state index is 11.9. The summed E-state index contributed by atoms with van der Waals surface area (Å²) in [6.07, 6.45) is 3.31. The topological polar surface area (TPSA) is 52.6 Å². The highest BCUT2D eigenvalue weighted by Crippen LogP contribution is 2.63. The second-order valence-corrected chi connectivity index (χ2v) is 5.01. The molecule has 2 fully saturated rings. The highest BCUT2D eigenvalue weighted by atomic mass is 16.5. The van der Waals surface area contributed by atoms with Crippen molar-refractivity contribution < 1.29 is 19.1 Å². The molecular formula is C13H20O4. The van der Waals surface area contributed by atoms with E-state index in [0.29, 0.717) is 25.6 Å². The SMILES string of the molecule is CCOC(=O)C1CCC2CC2(C(=O)OCC)C1. The normalized spacial score (nSPS) is 34.7. The van der Waals surface area contributed by atoms with Crippen LogP contribution in [0.15, 0.2) is 0 Å². The van der Waals surface area contributed by atoms with E-state index in [0.717, 1.165) is 19.3 Å². The molecule has 0 bridgehead atoms. The van der Waals surface area contributed by atoms with Crippen LogP contribution in [0.2, 0.25) is 0 Å². The van der Waals surface area contributed by atoms with E-state index in [1.165, 1.54) is 0 Å². The molecule has 4 nitrogen and oxygen atoms in total. The summed E-state index contributed by atoms with van der Waals surface area (Å²) in [7, 11) is 0. The summed E-state index contributed by atoms with van der Waals surface area (Å²) in [4.78, 5) is 23.6. The Balaban J connectivity index is 1.98. The average Bonchev–Trinajstić information content (AvgIpc) is 3.04. The molecule has 0 saturated heterocycles. The van der Waals surface area contributed by atoms with E-state index < -0.39 is 0 Å². The molecule has 0 radical (unpaired) electrons. The predicted octanol–water partition coefficient (Wildman–Crippen LogP) is 1.92. The Morgan fingerprint density at radius 3 is 2.47 bits per heavy atom. The highest BCUT2D eigenvalue weighted by molar-refractivity contribution is 5.83. The fraction of sp³-hybridized carbons (Fsp3) is 0.846. The monoisotopic (exact) mass is 240 g/mol. The van der Waals surface area contributed by atoms with Crippen molar-refractivity contribution in [1.29, 1.82) is 0 Å². The quantitative estimate of drug-likeness (QED) is 0.704. The Labute approximate surface area is 102 Å². The van der Waals surface area contributed by atoms with Crippen molar-refractivity contribution in [3.05, 3.63) is 0 Å². The lowest BCUT2D eigenvalue weighted by Crippen LogP contribution is -2.31. The van der Waals surface area contributed by atoms with Gasteiger partial charge in [0.2, 0.25) is 0 Å². The van der Waals surface area contributed by atoms with Crippen LogP contribution in [0.4, 0.5) is 0 Å². The van der Waals surface area contributed by atoms with Crippen molar-refractivity contribution in [1.82, 2.24) is 0 Å². The summed E-state index contributed by atoms with van der Waals surface area (Å²) in [6, 6.07) is 0. The number of fused-ring (bicyclic) bond motifs is 1. The Morgan fingerprint density at radius 1 is 1.12 bits per heavy atom. The molecule has 0 aromatic heterocycles. The summed E-state index contributed by atoms with van der Waals surface area (Å²) in [5.74, 6) is 0.0610. The molecule has 0 aromatic carbocycles. The van der Waals surface area contributed by atoms with Crippen LogP contribution < -0.4 is 0 Å². The first-order valence-corrected chi connectivity index (χ1v) is 6.48.